The standard InChI is InChI=1S/C7H5F4NOS/c8-3-1-2-4(14)6(5(3)12)13-7(9,10)11/h1-2,14H,12H2. The predicted molar refractivity (Wildman–Crippen MR) is 44.7 cm³/mol. The van der Waals surface area contributed by atoms with Crippen LogP contribution in [0.2, 0.25) is 0 Å². The smallest absolute Gasteiger partial charge is 0.402 e. The van der Waals surface area contributed by atoms with Gasteiger partial charge in [0.25, 0.3) is 0 Å². The molecule has 0 radical (unpaired) electrons. The third-order valence-corrected chi connectivity index (χ3v) is 1.69. The number of hydrogen-bond donors (Lipinski definition) is 2. The number of alkyl halides is 3. The normalized spacial score (nSPS) is 11.5. The van der Waals surface area contributed by atoms with E-state index < -0.39 is 23.6 Å². The highest BCUT2D eigenvalue weighted by Crippen LogP contribution is 2.35. The van der Waals surface area contributed by atoms with Crippen LogP contribution < -0.4 is 10.5 Å². The molecular weight excluding hydrogens is 222 g/mol. The maximum atomic E-state index is 12.7. The van der Waals surface area contributed by atoms with Crippen molar-refractivity contribution in [2.24, 2.45) is 0 Å². The van der Waals surface area contributed by atoms with Crippen molar-refractivity contribution < 1.29 is 22.3 Å². The molecule has 0 heterocycles. The average Bonchev–Trinajstić information content (AvgIpc) is 2.04. The SMILES string of the molecule is Nc1c(F)ccc(S)c1OC(F)(F)F. The summed E-state index contributed by atoms with van der Waals surface area (Å²) in [7, 11) is 0. The third-order valence-electron chi connectivity index (χ3n) is 1.34. The zero-order valence-corrected chi connectivity index (χ0v) is 7.49. The summed E-state index contributed by atoms with van der Waals surface area (Å²) >= 11 is 3.66. The van der Waals surface area contributed by atoms with Gasteiger partial charge in [0.05, 0.1) is 0 Å². The first-order valence-corrected chi connectivity index (χ1v) is 3.78. The first-order chi connectivity index (χ1) is 6.31. The molecule has 0 bridgehead atoms. The fourth-order valence-corrected chi connectivity index (χ4v) is 1.03. The summed E-state index contributed by atoms with van der Waals surface area (Å²) in [5, 5.41) is 0. The van der Waals surface area contributed by atoms with Crippen molar-refractivity contribution in [2.45, 2.75) is 11.3 Å². The molecule has 0 amide bonds. The molecule has 7 heteroatoms. The molecule has 0 atom stereocenters. The Hall–Kier alpha value is -1.11. The molecule has 2 nitrogen and oxygen atoms in total. The topological polar surface area (TPSA) is 35.2 Å². The van der Waals surface area contributed by atoms with E-state index in [1.807, 2.05) is 0 Å². The fraction of sp³-hybridized carbons (Fsp3) is 0.143. The Morgan fingerprint density at radius 2 is 1.86 bits per heavy atom. The third kappa shape index (κ3) is 2.44. The van der Waals surface area contributed by atoms with E-state index in [-0.39, 0.29) is 4.90 Å². The Labute approximate surface area is 82.1 Å². The van der Waals surface area contributed by atoms with Gasteiger partial charge in [0, 0.05) is 4.90 Å². The Morgan fingerprint density at radius 3 is 2.36 bits per heavy atom. The lowest BCUT2D eigenvalue weighted by molar-refractivity contribution is -0.275. The van der Waals surface area contributed by atoms with E-state index in [9.17, 15) is 17.6 Å². The zero-order valence-electron chi connectivity index (χ0n) is 6.60. The molecule has 2 N–H and O–H groups in total. The van der Waals surface area contributed by atoms with Crippen molar-refractivity contribution in [3.8, 4) is 5.75 Å². The lowest BCUT2D eigenvalue weighted by Crippen LogP contribution is -2.18. The molecule has 0 saturated carbocycles. The number of anilines is 1. The van der Waals surface area contributed by atoms with Crippen molar-refractivity contribution in [1.82, 2.24) is 0 Å². The van der Waals surface area contributed by atoms with Crippen molar-refractivity contribution in [2.75, 3.05) is 5.73 Å². The van der Waals surface area contributed by atoms with Crippen LogP contribution in [0, 0.1) is 5.82 Å². The highest BCUT2D eigenvalue weighted by Gasteiger charge is 2.33. The number of rotatable bonds is 1. The molecule has 0 fully saturated rings. The minimum absolute atomic E-state index is 0.179. The van der Waals surface area contributed by atoms with Crippen molar-refractivity contribution in [3.05, 3.63) is 17.9 Å². The summed E-state index contributed by atoms with van der Waals surface area (Å²) < 4.78 is 51.6. The lowest BCUT2D eigenvalue weighted by atomic mass is 10.3. The summed E-state index contributed by atoms with van der Waals surface area (Å²) in [5.41, 5.74) is 4.33. The van der Waals surface area contributed by atoms with Crippen LogP contribution in [0.5, 0.6) is 5.75 Å². The fourth-order valence-electron chi connectivity index (χ4n) is 0.787. The molecule has 0 unspecified atom stereocenters. The van der Waals surface area contributed by atoms with E-state index in [1.54, 1.807) is 0 Å². The van der Waals surface area contributed by atoms with Gasteiger partial charge in [0.1, 0.15) is 11.5 Å². The monoisotopic (exact) mass is 227 g/mol. The predicted octanol–water partition coefficient (Wildman–Crippen LogP) is 2.60. The van der Waals surface area contributed by atoms with E-state index in [0.717, 1.165) is 12.1 Å². The molecule has 14 heavy (non-hydrogen) atoms. The minimum Gasteiger partial charge on any atom is -0.402 e. The van der Waals surface area contributed by atoms with Gasteiger partial charge in [-0.25, -0.2) is 4.39 Å². The molecule has 1 rings (SSSR count). The van der Waals surface area contributed by atoms with Crippen LogP contribution in [-0.2, 0) is 0 Å². The highest BCUT2D eigenvalue weighted by atomic mass is 32.1. The Morgan fingerprint density at radius 1 is 1.29 bits per heavy atom. The lowest BCUT2D eigenvalue weighted by Gasteiger charge is -2.13. The first-order valence-electron chi connectivity index (χ1n) is 3.34. The molecule has 0 aliphatic rings. The molecule has 0 aliphatic heterocycles. The highest BCUT2D eigenvalue weighted by molar-refractivity contribution is 7.80. The average molecular weight is 227 g/mol. The van der Waals surface area contributed by atoms with Gasteiger partial charge in [-0.1, -0.05) is 0 Å². The number of thiol groups is 1. The van der Waals surface area contributed by atoms with Crippen LogP contribution in [0.3, 0.4) is 0 Å². The van der Waals surface area contributed by atoms with Crippen molar-refractivity contribution >= 4 is 18.3 Å². The Kier molecular flexibility index (Phi) is 2.79. The second-order valence-electron chi connectivity index (χ2n) is 2.36. The van der Waals surface area contributed by atoms with E-state index in [2.05, 4.69) is 17.4 Å². The summed E-state index contributed by atoms with van der Waals surface area (Å²) in [6.07, 6.45) is -4.92. The molecule has 0 aliphatic carbocycles. The molecule has 1 aromatic rings. The van der Waals surface area contributed by atoms with E-state index in [4.69, 9.17) is 5.73 Å². The number of benzene rings is 1. The molecule has 1 aromatic carbocycles. The first kappa shape index (κ1) is 11.0. The van der Waals surface area contributed by atoms with Crippen LogP contribution in [-0.4, -0.2) is 6.36 Å². The summed E-state index contributed by atoms with van der Waals surface area (Å²) in [6, 6.07) is 1.93. The van der Waals surface area contributed by atoms with Gasteiger partial charge >= 0.3 is 6.36 Å². The van der Waals surface area contributed by atoms with Gasteiger partial charge < -0.3 is 10.5 Å². The summed E-state index contributed by atoms with van der Waals surface area (Å²) in [6.45, 7) is 0. The number of ether oxygens (including phenoxy) is 1. The van der Waals surface area contributed by atoms with Crippen molar-refractivity contribution in [1.29, 1.82) is 0 Å². The number of hydrogen-bond acceptors (Lipinski definition) is 3. The number of halogens is 4. The van der Waals surface area contributed by atoms with E-state index in [0.29, 0.717) is 0 Å². The minimum atomic E-state index is -4.92. The Bertz CT molecular complexity index is 352. The maximum absolute atomic E-state index is 12.7. The second kappa shape index (κ2) is 3.56. The second-order valence-corrected chi connectivity index (χ2v) is 2.84. The van der Waals surface area contributed by atoms with Gasteiger partial charge in [-0.05, 0) is 12.1 Å². The van der Waals surface area contributed by atoms with Crippen LogP contribution in [0.15, 0.2) is 17.0 Å². The quantitative estimate of drug-likeness (QED) is 0.439. The van der Waals surface area contributed by atoms with Crippen LogP contribution in [0.25, 0.3) is 0 Å². The van der Waals surface area contributed by atoms with E-state index in [1.165, 1.54) is 0 Å². The Balaban J connectivity index is 3.13. The summed E-state index contributed by atoms with van der Waals surface area (Å²) in [4.78, 5) is -0.179. The molecule has 0 aromatic heterocycles. The van der Waals surface area contributed by atoms with Crippen molar-refractivity contribution in [3.63, 3.8) is 0 Å². The number of nitrogens with two attached hydrogens (primary N) is 1. The molecule has 78 valence electrons. The largest absolute Gasteiger partial charge is 0.573 e. The van der Waals surface area contributed by atoms with E-state index >= 15 is 0 Å². The molecule has 0 spiro atoms. The van der Waals surface area contributed by atoms with Crippen LogP contribution in [0.4, 0.5) is 23.2 Å². The van der Waals surface area contributed by atoms with Gasteiger partial charge in [-0.15, -0.1) is 25.8 Å². The summed E-state index contributed by atoms with van der Waals surface area (Å²) in [5.74, 6) is -1.80. The zero-order chi connectivity index (χ0) is 10.9. The number of nitrogen functional groups attached to an aromatic ring is 1. The molecular formula is C7H5F4NOS. The van der Waals surface area contributed by atoms with Gasteiger partial charge in [-0.2, -0.15) is 0 Å². The van der Waals surface area contributed by atoms with Gasteiger partial charge in [0.2, 0.25) is 0 Å². The van der Waals surface area contributed by atoms with Gasteiger partial charge in [0.15, 0.2) is 5.75 Å². The molecule has 0 saturated heterocycles. The van der Waals surface area contributed by atoms with Crippen LogP contribution in [0.1, 0.15) is 0 Å². The maximum Gasteiger partial charge on any atom is 0.573 e. The van der Waals surface area contributed by atoms with Gasteiger partial charge in [-0.3, -0.25) is 0 Å². The van der Waals surface area contributed by atoms with Crippen LogP contribution >= 0.6 is 12.6 Å².